The van der Waals surface area contributed by atoms with Gasteiger partial charge in [0.15, 0.2) is 0 Å². The molecule has 82 valence electrons. The predicted octanol–water partition coefficient (Wildman–Crippen LogP) is 2.99. The van der Waals surface area contributed by atoms with E-state index in [1.165, 1.54) is 38.5 Å². The van der Waals surface area contributed by atoms with Gasteiger partial charge in [-0.1, -0.05) is 38.5 Å². The maximum absolute atomic E-state index is 7.00. The second-order valence-corrected chi connectivity index (χ2v) is 2.90. The Morgan fingerprint density at radius 3 is 1.08 bits per heavy atom. The van der Waals surface area contributed by atoms with Crippen molar-refractivity contribution in [2.24, 2.45) is 0 Å². The fourth-order valence-corrected chi connectivity index (χ4v) is 1.26. The molecular weight excluding hydrogens is 164 g/mol. The molecule has 0 aliphatic heterocycles. The van der Waals surface area contributed by atoms with Crippen LogP contribution in [0, 0.1) is 0 Å². The largest absolute Gasteiger partial charge is 0.400 e. The second-order valence-electron chi connectivity index (χ2n) is 2.90. The molecule has 0 saturated heterocycles. The van der Waals surface area contributed by atoms with Gasteiger partial charge in [0.1, 0.15) is 0 Å². The molecule has 1 N–H and O–H groups in total. The molecule has 0 radical (unpaired) electrons. The van der Waals surface area contributed by atoms with Crippen molar-refractivity contribution in [1.82, 2.24) is 0 Å². The first-order valence-electron chi connectivity index (χ1n) is 5.44. The first-order chi connectivity index (χ1) is 6.41. The lowest BCUT2D eigenvalue weighted by atomic mass is 10.0. The van der Waals surface area contributed by atoms with Crippen molar-refractivity contribution in [3.63, 3.8) is 0 Å². The molecule has 1 aliphatic carbocycles. The Kier molecular flexibility index (Phi) is 21.2. The molecule has 2 heteroatoms. The molecule has 0 unspecified atom stereocenters. The molecule has 0 heterocycles. The molecule has 13 heavy (non-hydrogen) atoms. The maximum Gasteiger partial charge on any atom is 0.0437 e. The topological polar surface area (TPSA) is 29.5 Å². The van der Waals surface area contributed by atoms with Crippen LogP contribution in [-0.4, -0.2) is 25.4 Å². The van der Waals surface area contributed by atoms with Crippen molar-refractivity contribution in [3.8, 4) is 0 Å². The number of aliphatic hydroxyl groups excluding tert-OH is 1. The number of hydrogen-bond acceptors (Lipinski definition) is 2. The summed E-state index contributed by atoms with van der Waals surface area (Å²) in [7, 11) is 1.00. The number of aliphatic hydroxyl groups is 1. The van der Waals surface area contributed by atoms with Gasteiger partial charge in [-0.25, -0.2) is 0 Å². The van der Waals surface area contributed by atoms with Crippen LogP contribution >= 0.6 is 0 Å². The van der Waals surface area contributed by atoms with Crippen LogP contribution in [0.1, 0.15) is 52.4 Å². The van der Waals surface area contributed by atoms with Crippen LogP contribution in [0.2, 0.25) is 0 Å². The lowest BCUT2D eigenvalue weighted by Crippen LogP contribution is -1.85. The molecular formula is C11H26O2. The van der Waals surface area contributed by atoms with Crippen LogP contribution < -0.4 is 0 Å². The second kappa shape index (κ2) is 17.9. The Hall–Kier alpha value is -0.0800. The van der Waals surface area contributed by atoms with Gasteiger partial charge in [-0.05, 0) is 13.8 Å². The van der Waals surface area contributed by atoms with Crippen molar-refractivity contribution >= 4 is 0 Å². The summed E-state index contributed by atoms with van der Waals surface area (Å²) in [5.41, 5.74) is 0. The Morgan fingerprint density at radius 2 is 1.00 bits per heavy atom. The average molecular weight is 190 g/mol. The number of rotatable bonds is 2. The molecule has 1 rings (SSSR count). The van der Waals surface area contributed by atoms with E-state index in [0.29, 0.717) is 0 Å². The smallest absolute Gasteiger partial charge is 0.0437 e. The van der Waals surface area contributed by atoms with Gasteiger partial charge in [0, 0.05) is 20.3 Å². The first-order valence-corrected chi connectivity index (χ1v) is 5.44. The average Bonchev–Trinajstić information content (AvgIpc) is 2.25. The Bertz CT molecular complexity index is 47.6. The monoisotopic (exact) mass is 190 g/mol. The SMILES string of the molecule is C1CCCCC1.CCOCC.CO. The van der Waals surface area contributed by atoms with E-state index in [1.54, 1.807) is 0 Å². The highest BCUT2D eigenvalue weighted by Crippen LogP contribution is 2.15. The van der Waals surface area contributed by atoms with Crippen LogP contribution in [0.15, 0.2) is 0 Å². The van der Waals surface area contributed by atoms with Crippen LogP contribution in [0.25, 0.3) is 0 Å². The fourth-order valence-electron chi connectivity index (χ4n) is 1.26. The van der Waals surface area contributed by atoms with Crippen molar-refractivity contribution in [2.45, 2.75) is 52.4 Å². The zero-order valence-corrected chi connectivity index (χ0v) is 9.51. The molecule has 0 aromatic carbocycles. The van der Waals surface area contributed by atoms with Gasteiger partial charge >= 0.3 is 0 Å². The Morgan fingerprint density at radius 1 is 0.769 bits per heavy atom. The van der Waals surface area contributed by atoms with Crippen molar-refractivity contribution < 1.29 is 9.84 Å². The van der Waals surface area contributed by atoms with E-state index < -0.39 is 0 Å². The van der Waals surface area contributed by atoms with Crippen molar-refractivity contribution in [3.05, 3.63) is 0 Å². The lowest BCUT2D eigenvalue weighted by Gasteiger charge is -2.05. The molecule has 1 saturated carbocycles. The minimum absolute atomic E-state index is 0.844. The summed E-state index contributed by atoms with van der Waals surface area (Å²) < 4.78 is 4.83. The molecule has 1 fully saturated rings. The van der Waals surface area contributed by atoms with Gasteiger partial charge in [-0.3, -0.25) is 0 Å². The summed E-state index contributed by atoms with van der Waals surface area (Å²) in [6, 6.07) is 0. The summed E-state index contributed by atoms with van der Waals surface area (Å²) in [6.45, 7) is 5.67. The van der Waals surface area contributed by atoms with Gasteiger partial charge in [0.25, 0.3) is 0 Å². The van der Waals surface area contributed by atoms with Crippen LogP contribution in [0.4, 0.5) is 0 Å². The van der Waals surface area contributed by atoms with E-state index in [2.05, 4.69) is 0 Å². The standard InChI is InChI=1S/C6H12.C4H10O.CH4O/c1-2-4-6-5-3-1;1-3-5-4-2;1-2/h1-6H2;3-4H2,1-2H3;2H,1H3. The Labute approximate surface area is 83.3 Å². The number of hydrogen-bond donors (Lipinski definition) is 1. The van der Waals surface area contributed by atoms with E-state index in [-0.39, 0.29) is 0 Å². The van der Waals surface area contributed by atoms with Gasteiger partial charge in [0.2, 0.25) is 0 Å². The van der Waals surface area contributed by atoms with Crippen molar-refractivity contribution in [1.29, 1.82) is 0 Å². The summed E-state index contributed by atoms with van der Waals surface area (Å²) in [6.07, 6.45) is 9.00. The molecule has 2 nitrogen and oxygen atoms in total. The quantitative estimate of drug-likeness (QED) is 0.725. The molecule has 0 amide bonds. The van der Waals surface area contributed by atoms with Gasteiger partial charge in [0.05, 0.1) is 0 Å². The van der Waals surface area contributed by atoms with Crippen molar-refractivity contribution in [2.75, 3.05) is 20.3 Å². The van der Waals surface area contributed by atoms with Crippen LogP contribution in [-0.2, 0) is 4.74 Å². The molecule has 0 aromatic rings. The summed E-state index contributed by atoms with van der Waals surface area (Å²) in [5.74, 6) is 0. The third-order valence-corrected chi connectivity index (χ3v) is 1.91. The van der Waals surface area contributed by atoms with E-state index >= 15 is 0 Å². The fraction of sp³-hybridized carbons (Fsp3) is 1.00. The van der Waals surface area contributed by atoms with E-state index in [4.69, 9.17) is 9.84 Å². The third-order valence-electron chi connectivity index (χ3n) is 1.91. The highest BCUT2D eigenvalue weighted by molar-refractivity contribution is 4.51. The van der Waals surface area contributed by atoms with Gasteiger partial charge in [-0.2, -0.15) is 0 Å². The Balaban J connectivity index is 0. The van der Waals surface area contributed by atoms with Gasteiger partial charge < -0.3 is 9.84 Å². The highest BCUT2D eigenvalue weighted by atomic mass is 16.5. The number of ether oxygens (including phenoxy) is 1. The zero-order valence-electron chi connectivity index (χ0n) is 9.51. The van der Waals surface area contributed by atoms with Gasteiger partial charge in [-0.15, -0.1) is 0 Å². The predicted molar refractivity (Wildman–Crippen MR) is 58.0 cm³/mol. The van der Waals surface area contributed by atoms with E-state index in [1.807, 2.05) is 13.8 Å². The zero-order chi connectivity index (χ0) is 10.4. The minimum atomic E-state index is 0.844. The molecule has 0 aromatic heterocycles. The molecule has 0 bridgehead atoms. The molecule has 0 atom stereocenters. The van der Waals surface area contributed by atoms with E-state index in [9.17, 15) is 0 Å². The third kappa shape index (κ3) is 18.7. The maximum atomic E-state index is 7.00. The molecule has 1 aliphatic rings. The highest BCUT2D eigenvalue weighted by Gasteiger charge is 1.95. The molecule has 0 spiro atoms. The van der Waals surface area contributed by atoms with E-state index in [0.717, 1.165) is 20.3 Å². The normalized spacial score (nSPS) is 14.8. The summed E-state index contributed by atoms with van der Waals surface area (Å²) >= 11 is 0. The first kappa shape index (κ1) is 15.4. The lowest BCUT2D eigenvalue weighted by molar-refractivity contribution is 0.162. The van der Waals surface area contributed by atoms with Crippen LogP contribution in [0.3, 0.4) is 0 Å². The summed E-state index contributed by atoms with van der Waals surface area (Å²) in [4.78, 5) is 0. The van der Waals surface area contributed by atoms with Crippen LogP contribution in [0.5, 0.6) is 0 Å². The summed E-state index contributed by atoms with van der Waals surface area (Å²) in [5, 5.41) is 7.00. The minimum Gasteiger partial charge on any atom is -0.400 e.